The quantitative estimate of drug-likeness (QED) is 0.603. The Kier molecular flexibility index (Phi) is 3.09. The van der Waals surface area contributed by atoms with Gasteiger partial charge in [-0.15, -0.1) is 0 Å². The lowest BCUT2D eigenvalue weighted by molar-refractivity contribution is 0.480. The summed E-state index contributed by atoms with van der Waals surface area (Å²) in [4.78, 5) is 12.5. The smallest absolute Gasteiger partial charge is 0.186 e. The second-order valence-electron chi connectivity index (χ2n) is 4.85. The minimum absolute atomic E-state index is 0.366. The predicted molar refractivity (Wildman–Crippen MR) is 85.8 cm³/mol. The molecular weight excluding hydrogens is 292 g/mol. The molecule has 0 amide bonds. The van der Waals surface area contributed by atoms with E-state index in [2.05, 4.69) is 25.1 Å². The molecule has 0 aliphatic carbocycles. The number of nitrogens with zero attached hydrogens (tertiary/aromatic N) is 4. The van der Waals surface area contributed by atoms with E-state index in [0.717, 1.165) is 5.75 Å². The Hall–Kier alpha value is -3.48. The van der Waals surface area contributed by atoms with Gasteiger partial charge in [0.15, 0.2) is 5.65 Å². The monoisotopic (exact) mass is 304 g/mol. The van der Waals surface area contributed by atoms with Crippen molar-refractivity contribution in [2.45, 2.75) is 0 Å². The van der Waals surface area contributed by atoms with E-state index < -0.39 is 0 Å². The lowest BCUT2D eigenvalue weighted by atomic mass is 10.2. The molecule has 0 bridgehead atoms. The summed E-state index contributed by atoms with van der Waals surface area (Å²) in [6.45, 7) is 0. The normalized spacial score (nSPS) is 10.8. The lowest BCUT2D eigenvalue weighted by Crippen LogP contribution is -1.93. The summed E-state index contributed by atoms with van der Waals surface area (Å²) >= 11 is 0. The average Bonchev–Trinajstić information content (AvgIpc) is 3.02. The van der Waals surface area contributed by atoms with Crippen LogP contribution in [0, 0.1) is 0 Å². The van der Waals surface area contributed by atoms with Crippen molar-refractivity contribution in [2.24, 2.45) is 0 Å². The molecule has 0 unspecified atom stereocenters. The maximum Gasteiger partial charge on any atom is 0.186 e. The summed E-state index contributed by atoms with van der Waals surface area (Å²) < 4.78 is 5.72. The third-order valence-electron chi connectivity index (χ3n) is 3.35. The summed E-state index contributed by atoms with van der Waals surface area (Å²) in [6.07, 6.45) is 3.03. The molecule has 0 saturated carbocycles. The van der Waals surface area contributed by atoms with E-state index in [-0.39, 0.29) is 0 Å². The van der Waals surface area contributed by atoms with Crippen LogP contribution in [0.1, 0.15) is 0 Å². The van der Waals surface area contributed by atoms with Gasteiger partial charge < -0.3 is 10.5 Å². The van der Waals surface area contributed by atoms with Crippen molar-refractivity contribution >= 4 is 16.9 Å². The molecule has 0 aliphatic heterocycles. The maximum atomic E-state index is 5.91. The van der Waals surface area contributed by atoms with Crippen LogP contribution in [-0.4, -0.2) is 25.1 Å². The number of fused-ring (bicyclic) bond motifs is 1. The number of hydrogen-bond donors (Lipinski definition) is 2. The van der Waals surface area contributed by atoms with Gasteiger partial charge >= 0.3 is 0 Å². The van der Waals surface area contributed by atoms with Crippen molar-refractivity contribution in [1.82, 2.24) is 25.1 Å². The third-order valence-corrected chi connectivity index (χ3v) is 3.35. The number of hydrogen-bond acceptors (Lipinski definition) is 6. The van der Waals surface area contributed by atoms with Crippen LogP contribution in [0.25, 0.3) is 22.4 Å². The van der Waals surface area contributed by atoms with Crippen molar-refractivity contribution in [1.29, 1.82) is 0 Å². The fourth-order valence-corrected chi connectivity index (χ4v) is 2.28. The van der Waals surface area contributed by atoms with Crippen molar-refractivity contribution < 1.29 is 4.74 Å². The number of nitrogens with one attached hydrogen (secondary N) is 1. The number of rotatable bonds is 3. The van der Waals surface area contributed by atoms with E-state index >= 15 is 0 Å². The van der Waals surface area contributed by atoms with E-state index in [0.29, 0.717) is 34.0 Å². The van der Waals surface area contributed by atoms with Crippen LogP contribution in [-0.2, 0) is 0 Å². The molecule has 0 saturated heterocycles. The van der Waals surface area contributed by atoms with Gasteiger partial charge in [0.2, 0.25) is 0 Å². The molecule has 0 fully saturated rings. The number of benzene rings is 1. The summed E-state index contributed by atoms with van der Waals surface area (Å²) in [6, 6.07) is 13.2. The van der Waals surface area contributed by atoms with E-state index in [9.17, 15) is 0 Å². The van der Waals surface area contributed by atoms with Gasteiger partial charge in [-0.25, -0.2) is 9.97 Å². The first-order valence-corrected chi connectivity index (χ1v) is 6.95. The van der Waals surface area contributed by atoms with Crippen LogP contribution < -0.4 is 10.5 Å². The Morgan fingerprint density at radius 2 is 1.78 bits per heavy atom. The number of nitrogens with two attached hydrogens (primary N) is 1. The van der Waals surface area contributed by atoms with Gasteiger partial charge in [-0.2, -0.15) is 5.10 Å². The average molecular weight is 304 g/mol. The molecule has 0 radical (unpaired) electrons. The first-order chi connectivity index (χ1) is 11.3. The van der Waals surface area contributed by atoms with E-state index in [1.807, 2.05) is 42.5 Å². The largest absolute Gasteiger partial charge is 0.456 e. The Morgan fingerprint density at radius 1 is 0.913 bits per heavy atom. The zero-order chi connectivity index (χ0) is 15.6. The first kappa shape index (κ1) is 13.2. The van der Waals surface area contributed by atoms with Gasteiger partial charge in [0, 0.05) is 0 Å². The highest BCUT2D eigenvalue weighted by atomic mass is 16.5. The standard InChI is InChI=1S/C16H12N6O/c17-15-13-14(21-22-16(13)20-9-19-15)12-7-6-11(8-18-12)23-10-4-2-1-3-5-10/h1-9H,(H3,17,19,20,21,22). The highest BCUT2D eigenvalue weighted by Crippen LogP contribution is 2.28. The molecule has 7 nitrogen and oxygen atoms in total. The molecule has 3 N–H and O–H groups in total. The third kappa shape index (κ3) is 2.44. The fraction of sp³-hybridized carbons (Fsp3) is 0. The number of ether oxygens (including phenoxy) is 1. The van der Waals surface area contributed by atoms with Crippen LogP contribution in [0.2, 0.25) is 0 Å². The SMILES string of the molecule is Nc1ncnc2n[nH]c(-c3ccc(Oc4ccccc4)cn3)c12. The van der Waals surface area contributed by atoms with Gasteiger partial charge in [-0.05, 0) is 24.3 Å². The van der Waals surface area contributed by atoms with Gasteiger partial charge in [0.1, 0.15) is 23.6 Å². The Bertz CT molecular complexity index is 949. The van der Waals surface area contributed by atoms with E-state index in [1.54, 1.807) is 6.20 Å². The van der Waals surface area contributed by atoms with Crippen LogP contribution in [0.3, 0.4) is 0 Å². The molecule has 112 valence electrons. The number of para-hydroxylation sites is 1. The van der Waals surface area contributed by atoms with E-state index in [1.165, 1.54) is 6.33 Å². The number of aromatic amines is 1. The zero-order valence-corrected chi connectivity index (χ0v) is 12.0. The second-order valence-corrected chi connectivity index (χ2v) is 4.85. The summed E-state index contributed by atoms with van der Waals surface area (Å²) in [5.74, 6) is 1.77. The molecule has 23 heavy (non-hydrogen) atoms. The molecule has 0 atom stereocenters. The molecule has 0 aliphatic rings. The molecular formula is C16H12N6O. The number of aromatic nitrogens is 5. The van der Waals surface area contributed by atoms with Crippen LogP contribution >= 0.6 is 0 Å². The van der Waals surface area contributed by atoms with Crippen LogP contribution in [0.4, 0.5) is 5.82 Å². The maximum absolute atomic E-state index is 5.91. The van der Waals surface area contributed by atoms with Crippen molar-refractivity contribution in [2.75, 3.05) is 5.73 Å². The van der Waals surface area contributed by atoms with Gasteiger partial charge in [-0.1, -0.05) is 18.2 Å². The zero-order valence-electron chi connectivity index (χ0n) is 12.0. The minimum atomic E-state index is 0.366. The molecule has 4 aromatic rings. The minimum Gasteiger partial charge on any atom is -0.456 e. The van der Waals surface area contributed by atoms with Gasteiger partial charge in [0.25, 0.3) is 0 Å². The van der Waals surface area contributed by atoms with Crippen LogP contribution in [0.5, 0.6) is 11.5 Å². The number of anilines is 1. The molecule has 3 aromatic heterocycles. The first-order valence-electron chi connectivity index (χ1n) is 6.95. The Morgan fingerprint density at radius 3 is 2.57 bits per heavy atom. The van der Waals surface area contributed by atoms with Crippen molar-refractivity contribution in [3.05, 3.63) is 55.0 Å². The fourth-order valence-electron chi connectivity index (χ4n) is 2.28. The Balaban J connectivity index is 1.67. The molecule has 3 heterocycles. The van der Waals surface area contributed by atoms with Gasteiger partial charge in [-0.3, -0.25) is 10.1 Å². The van der Waals surface area contributed by atoms with Crippen molar-refractivity contribution in [3.8, 4) is 22.9 Å². The topological polar surface area (TPSA) is 103 Å². The molecule has 7 heteroatoms. The van der Waals surface area contributed by atoms with Crippen LogP contribution in [0.15, 0.2) is 55.0 Å². The predicted octanol–water partition coefficient (Wildman–Crippen LogP) is 2.79. The van der Waals surface area contributed by atoms with Gasteiger partial charge in [0.05, 0.1) is 23.0 Å². The second kappa shape index (κ2) is 5.38. The molecule has 4 rings (SSSR count). The summed E-state index contributed by atoms with van der Waals surface area (Å²) in [7, 11) is 0. The highest BCUT2D eigenvalue weighted by Gasteiger charge is 2.13. The molecule has 0 spiro atoms. The van der Waals surface area contributed by atoms with E-state index in [4.69, 9.17) is 10.5 Å². The Labute approximate surface area is 131 Å². The number of nitrogen functional groups attached to an aromatic ring is 1. The number of pyridine rings is 1. The highest BCUT2D eigenvalue weighted by molar-refractivity contribution is 5.96. The summed E-state index contributed by atoms with van der Waals surface area (Å²) in [5.41, 5.74) is 7.79. The van der Waals surface area contributed by atoms with Crippen molar-refractivity contribution in [3.63, 3.8) is 0 Å². The molecule has 1 aromatic carbocycles. The summed E-state index contributed by atoms with van der Waals surface area (Å²) in [5, 5.41) is 7.69. The number of H-pyrrole nitrogens is 1. The lowest BCUT2D eigenvalue weighted by Gasteiger charge is -2.05.